The van der Waals surface area contributed by atoms with E-state index in [4.69, 9.17) is 0 Å². The summed E-state index contributed by atoms with van der Waals surface area (Å²) in [6.45, 7) is 4.95. The molecular weight excluding hydrogens is 168 g/mol. The van der Waals surface area contributed by atoms with Gasteiger partial charge in [0.1, 0.15) is 0 Å². The highest BCUT2D eigenvalue weighted by Gasteiger charge is 2.07. The molecule has 0 fully saturated rings. The molecule has 0 saturated carbocycles. The van der Waals surface area contributed by atoms with Crippen LogP contribution in [0.3, 0.4) is 0 Å². The molecule has 0 rings (SSSR count). The number of unbranched alkanes of at least 4 members (excludes halogenated alkanes) is 2. The molecule has 0 aliphatic heterocycles. The smallest absolute Gasteiger partial charge is 0.341 e. The van der Waals surface area contributed by atoms with Crippen LogP contribution in [0.4, 0.5) is 0 Å². The first-order chi connectivity index (χ1) is 6.07. The van der Waals surface area contributed by atoms with Crippen LogP contribution < -0.4 is 0 Å². The zero-order valence-corrected chi connectivity index (χ0v) is 8.42. The van der Waals surface area contributed by atoms with E-state index in [1.807, 2.05) is 0 Å². The first-order valence-electron chi connectivity index (χ1n) is 4.47. The fraction of sp³-hybridized carbons (Fsp3) is 0.600. The van der Waals surface area contributed by atoms with Crippen molar-refractivity contribution in [1.82, 2.24) is 0 Å². The number of esters is 2. The van der Waals surface area contributed by atoms with Crippen molar-refractivity contribution in [2.75, 3.05) is 0 Å². The predicted octanol–water partition coefficient (Wildman–Crippen LogP) is 2.21. The Morgan fingerprint density at radius 2 is 1.92 bits per heavy atom. The second-order valence-electron chi connectivity index (χ2n) is 2.91. The molecule has 0 spiro atoms. The second kappa shape index (κ2) is 6.40. The van der Waals surface area contributed by atoms with Crippen molar-refractivity contribution in [3.8, 4) is 0 Å². The van der Waals surface area contributed by atoms with Gasteiger partial charge in [0, 0.05) is 12.5 Å². The van der Waals surface area contributed by atoms with Gasteiger partial charge in [0.2, 0.25) is 0 Å². The van der Waals surface area contributed by atoms with Gasteiger partial charge in [-0.2, -0.15) is 0 Å². The standard InChI is InChI=1S/C10H16O3/c1-4-5-6-7-8(2)10(12)13-9(3)11/h7H,4-6H2,1-3H3. The Bertz CT molecular complexity index is 216. The van der Waals surface area contributed by atoms with E-state index in [-0.39, 0.29) is 0 Å². The molecule has 0 atom stereocenters. The molecule has 3 nitrogen and oxygen atoms in total. The third kappa shape index (κ3) is 6.08. The van der Waals surface area contributed by atoms with E-state index >= 15 is 0 Å². The van der Waals surface area contributed by atoms with Gasteiger partial charge in [0.15, 0.2) is 0 Å². The fourth-order valence-electron chi connectivity index (χ4n) is 0.817. The quantitative estimate of drug-likeness (QED) is 0.291. The molecular formula is C10H16O3. The Labute approximate surface area is 78.8 Å². The lowest BCUT2D eigenvalue weighted by molar-refractivity contribution is -0.155. The summed E-state index contributed by atoms with van der Waals surface area (Å²) >= 11 is 0. The molecule has 0 saturated heterocycles. The first kappa shape index (κ1) is 11.9. The molecule has 0 aromatic heterocycles. The largest absolute Gasteiger partial charge is 0.390 e. The van der Waals surface area contributed by atoms with E-state index < -0.39 is 11.9 Å². The van der Waals surface area contributed by atoms with E-state index in [1.165, 1.54) is 6.92 Å². The minimum absolute atomic E-state index is 0.503. The molecule has 0 unspecified atom stereocenters. The monoisotopic (exact) mass is 184 g/mol. The maximum Gasteiger partial charge on any atom is 0.341 e. The molecule has 0 radical (unpaired) electrons. The number of carbonyl (C=O) groups excluding carboxylic acids is 2. The van der Waals surface area contributed by atoms with E-state index in [9.17, 15) is 9.59 Å². The van der Waals surface area contributed by atoms with Gasteiger partial charge in [0.25, 0.3) is 0 Å². The average molecular weight is 184 g/mol. The highest BCUT2D eigenvalue weighted by molar-refractivity contribution is 5.95. The van der Waals surface area contributed by atoms with Crippen molar-refractivity contribution >= 4 is 11.9 Å². The van der Waals surface area contributed by atoms with Crippen LogP contribution in [0.2, 0.25) is 0 Å². The summed E-state index contributed by atoms with van der Waals surface area (Å²) in [5, 5.41) is 0. The van der Waals surface area contributed by atoms with Gasteiger partial charge < -0.3 is 4.74 Å². The minimum atomic E-state index is -0.562. The third-order valence-electron chi connectivity index (χ3n) is 1.57. The SMILES string of the molecule is CCCCC=C(C)C(=O)OC(C)=O. The van der Waals surface area contributed by atoms with Gasteiger partial charge in [-0.25, -0.2) is 4.79 Å². The van der Waals surface area contributed by atoms with Gasteiger partial charge in [-0.3, -0.25) is 4.79 Å². The van der Waals surface area contributed by atoms with E-state index in [2.05, 4.69) is 11.7 Å². The van der Waals surface area contributed by atoms with Crippen LogP contribution in [0.1, 0.15) is 40.0 Å². The number of hydrogen-bond donors (Lipinski definition) is 0. The van der Waals surface area contributed by atoms with Crippen LogP contribution in [-0.4, -0.2) is 11.9 Å². The molecule has 0 aromatic rings. The van der Waals surface area contributed by atoms with Gasteiger partial charge >= 0.3 is 11.9 Å². The summed E-state index contributed by atoms with van der Waals surface area (Å²) < 4.78 is 4.40. The van der Waals surface area contributed by atoms with Gasteiger partial charge in [-0.1, -0.05) is 25.8 Å². The Morgan fingerprint density at radius 3 is 2.38 bits per heavy atom. The second-order valence-corrected chi connectivity index (χ2v) is 2.91. The summed E-state index contributed by atoms with van der Waals surface area (Å²) in [5.41, 5.74) is 0.503. The Kier molecular flexibility index (Phi) is 5.85. The van der Waals surface area contributed by atoms with Crippen molar-refractivity contribution in [3.63, 3.8) is 0 Å². The molecule has 0 aliphatic carbocycles. The van der Waals surface area contributed by atoms with Crippen molar-refractivity contribution in [1.29, 1.82) is 0 Å². The number of rotatable bonds is 4. The van der Waals surface area contributed by atoms with Crippen molar-refractivity contribution < 1.29 is 14.3 Å². The highest BCUT2D eigenvalue weighted by atomic mass is 16.6. The molecule has 13 heavy (non-hydrogen) atoms. The summed E-state index contributed by atoms with van der Waals surface area (Å²) in [6.07, 6.45) is 4.79. The highest BCUT2D eigenvalue weighted by Crippen LogP contribution is 2.02. The molecule has 3 heteroatoms. The normalized spacial score (nSPS) is 11.2. The molecule has 0 heterocycles. The summed E-state index contributed by atoms with van der Waals surface area (Å²) in [4.78, 5) is 21.5. The van der Waals surface area contributed by atoms with Crippen LogP contribution in [-0.2, 0) is 14.3 Å². The Balaban J connectivity index is 3.93. The van der Waals surface area contributed by atoms with Gasteiger partial charge in [-0.05, 0) is 13.3 Å². The van der Waals surface area contributed by atoms with Gasteiger partial charge in [-0.15, -0.1) is 0 Å². The summed E-state index contributed by atoms with van der Waals surface area (Å²) in [6, 6.07) is 0. The minimum Gasteiger partial charge on any atom is -0.390 e. The number of hydrogen-bond acceptors (Lipinski definition) is 3. The number of ether oxygens (including phenoxy) is 1. The molecule has 0 bridgehead atoms. The fourth-order valence-corrected chi connectivity index (χ4v) is 0.817. The number of allylic oxidation sites excluding steroid dienone is 1. The molecule has 74 valence electrons. The predicted molar refractivity (Wildman–Crippen MR) is 50.1 cm³/mol. The lowest BCUT2D eigenvalue weighted by Crippen LogP contribution is -2.09. The third-order valence-corrected chi connectivity index (χ3v) is 1.57. The van der Waals surface area contributed by atoms with Crippen molar-refractivity contribution in [3.05, 3.63) is 11.6 Å². The molecule has 0 amide bonds. The molecule has 0 aliphatic rings. The van der Waals surface area contributed by atoms with Crippen molar-refractivity contribution in [2.24, 2.45) is 0 Å². The van der Waals surface area contributed by atoms with E-state index in [1.54, 1.807) is 13.0 Å². The summed E-state index contributed by atoms with van der Waals surface area (Å²) in [7, 11) is 0. The van der Waals surface area contributed by atoms with E-state index in [0.717, 1.165) is 19.3 Å². The maximum atomic E-state index is 11.0. The van der Waals surface area contributed by atoms with Crippen LogP contribution in [0.5, 0.6) is 0 Å². The lowest BCUT2D eigenvalue weighted by atomic mass is 10.2. The topological polar surface area (TPSA) is 43.4 Å². The maximum absolute atomic E-state index is 11.0. The Morgan fingerprint density at radius 1 is 1.31 bits per heavy atom. The molecule has 0 N–H and O–H groups in total. The van der Waals surface area contributed by atoms with E-state index in [0.29, 0.717) is 5.57 Å². The zero-order chi connectivity index (χ0) is 10.3. The Hall–Kier alpha value is -1.12. The van der Waals surface area contributed by atoms with Crippen LogP contribution in [0.15, 0.2) is 11.6 Å². The van der Waals surface area contributed by atoms with Crippen molar-refractivity contribution in [2.45, 2.75) is 40.0 Å². The van der Waals surface area contributed by atoms with Crippen LogP contribution in [0, 0.1) is 0 Å². The van der Waals surface area contributed by atoms with Crippen LogP contribution >= 0.6 is 0 Å². The zero-order valence-electron chi connectivity index (χ0n) is 8.42. The lowest BCUT2D eigenvalue weighted by Gasteiger charge is -1.99. The number of carbonyl (C=O) groups is 2. The van der Waals surface area contributed by atoms with Gasteiger partial charge in [0.05, 0.1) is 0 Å². The average Bonchev–Trinajstić information content (AvgIpc) is 2.03. The van der Waals surface area contributed by atoms with Crippen LogP contribution in [0.25, 0.3) is 0 Å². The summed E-state index contributed by atoms with van der Waals surface area (Å²) in [5.74, 6) is -1.10. The molecule has 0 aromatic carbocycles. The first-order valence-corrected chi connectivity index (χ1v) is 4.47.